The van der Waals surface area contributed by atoms with Gasteiger partial charge in [0.25, 0.3) is 11.8 Å². The average molecular weight is 391 g/mol. The Kier molecular flexibility index (Phi) is 5.45. The van der Waals surface area contributed by atoms with E-state index in [-0.39, 0.29) is 30.3 Å². The SMILES string of the molecule is CN(Cc1ccccc1)[C@@H]1CCCN(C(=O)CN2C(=O)c3ccccc3C2=O)C1. The zero-order valence-corrected chi connectivity index (χ0v) is 16.6. The van der Waals surface area contributed by atoms with Crippen LogP contribution < -0.4 is 0 Å². The quantitative estimate of drug-likeness (QED) is 0.735. The van der Waals surface area contributed by atoms with Crippen molar-refractivity contribution in [3.63, 3.8) is 0 Å². The van der Waals surface area contributed by atoms with Crippen LogP contribution in [0, 0.1) is 0 Å². The maximum Gasteiger partial charge on any atom is 0.262 e. The van der Waals surface area contributed by atoms with Crippen LogP contribution in [0.3, 0.4) is 0 Å². The highest BCUT2D eigenvalue weighted by molar-refractivity contribution is 6.22. The van der Waals surface area contributed by atoms with E-state index in [9.17, 15) is 14.4 Å². The first-order valence-corrected chi connectivity index (χ1v) is 10.0. The number of nitrogens with zero attached hydrogens (tertiary/aromatic N) is 3. The van der Waals surface area contributed by atoms with Crippen molar-refractivity contribution in [1.82, 2.24) is 14.7 Å². The van der Waals surface area contributed by atoms with Crippen LogP contribution in [0.15, 0.2) is 54.6 Å². The predicted molar refractivity (Wildman–Crippen MR) is 109 cm³/mol. The third-order valence-corrected chi connectivity index (χ3v) is 5.82. The second-order valence-electron chi connectivity index (χ2n) is 7.78. The number of hydrogen-bond acceptors (Lipinski definition) is 4. The Bertz CT molecular complexity index is 893. The number of likely N-dealkylation sites (N-methyl/N-ethyl adjacent to an activating group) is 1. The highest BCUT2D eigenvalue weighted by Crippen LogP contribution is 2.23. The third-order valence-electron chi connectivity index (χ3n) is 5.82. The predicted octanol–water partition coefficient (Wildman–Crippen LogP) is 2.41. The minimum absolute atomic E-state index is 0.169. The lowest BCUT2D eigenvalue weighted by Crippen LogP contribution is -2.51. The summed E-state index contributed by atoms with van der Waals surface area (Å²) < 4.78 is 0. The Morgan fingerprint density at radius 3 is 2.28 bits per heavy atom. The number of fused-ring (bicyclic) bond motifs is 1. The first kappa shape index (κ1) is 19.3. The van der Waals surface area contributed by atoms with Crippen molar-refractivity contribution in [2.75, 3.05) is 26.7 Å². The molecule has 1 fully saturated rings. The monoisotopic (exact) mass is 391 g/mol. The van der Waals surface area contributed by atoms with Gasteiger partial charge in [0.2, 0.25) is 5.91 Å². The maximum atomic E-state index is 12.9. The van der Waals surface area contributed by atoms with Gasteiger partial charge in [-0.05, 0) is 37.6 Å². The van der Waals surface area contributed by atoms with E-state index in [1.165, 1.54) is 5.56 Å². The Hall–Kier alpha value is -2.99. The Labute approximate surface area is 170 Å². The first-order chi connectivity index (χ1) is 14.0. The van der Waals surface area contributed by atoms with Gasteiger partial charge in [0.15, 0.2) is 0 Å². The van der Waals surface area contributed by atoms with Crippen LogP contribution in [0.1, 0.15) is 39.1 Å². The van der Waals surface area contributed by atoms with Crippen molar-refractivity contribution >= 4 is 17.7 Å². The molecule has 2 aliphatic rings. The van der Waals surface area contributed by atoms with Gasteiger partial charge in [-0.1, -0.05) is 42.5 Å². The molecule has 6 heteroatoms. The number of likely N-dealkylation sites (tertiary alicyclic amines) is 1. The molecule has 2 aromatic carbocycles. The largest absolute Gasteiger partial charge is 0.340 e. The van der Waals surface area contributed by atoms with Gasteiger partial charge in [-0.15, -0.1) is 0 Å². The third kappa shape index (κ3) is 3.93. The average Bonchev–Trinajstić information content (AvgIpc) is 2.99. The number of benzene rings is 2. The molecule has 0 bridgehead atoms. The van der Waals surface area contributed by atoms with Crippen LogP contribution in [0.2, 0.25) is 0 Å². The van der Waals surface area contributed by atoms with E-state index in [0.717, 1.165) is 24.3 Å². The second kappa shape index (κ2) is 8.17. The molecule has 6 nitrogen and oxygen atoms in total. The standard InChI is InChI=1S/C23H25N3O3/c1-24(14-17-8-3-2-4-9-17)18-10-7-13-25(15-18)21(27)16-26-22(28)19-11-5-6-12-20(19)23(26)29/h2-6,8-9,11-12,18H,7,10,13-16H2,1H3/t18-/m1/s1. The lowest BCUT2D eigenvalue weighted by atomic mass is 10.0. The van der Waals surface area contributed by atoms with E-state index in [0.29, 0.717) is 24.2 Å². The fourth-order valence-corrected chi connectivity index (χ4v) is 4.16. The molecule has 2 heterocycles. The summed E-state index contributed by atoms with van der Waals surface area (Å²) >= 11 is 0. The fourth-order valence-electron chi connectivity index (χ4n) is 4.16. The normalized spacial score (nSPS) is 19.0. The highest BCUT2D eigenvalue weighted by atomic mass is 16.2. The molecule has 0 saturated carbocycles. The molecule has 3 amide bonds. The van der Waals surface area contributed by atoms with Crippen LogP contribution >= 0.6 is 0 Å². The van der Waals surface area contributed by atoms with Crippen molar-refractivity contribution in [1.29, 1.82) is 0 Å². The summed E-state index contributed by atoms with van der Waals surface area (Å²) in [5, 5.41) is 0. The molecule has 0 N–H and O–H groups in total. The number of amides is 3. The van der Waals surface area contributed by atoms with Gasteiger partial charge in [0, 0.05) is 25.7 Å². The molecule has 0 aliphatic carbocycles. The molecule has 150 valence electrons. The van der Waals surface area contributed by atoms with E-state index in [1.807, 2.05) is 18.2 Å². The number of carbonyl (C=O) groups excluding carboxylic acids is 3. The lowest BCUT2D eigenvalue weighted by molar-refractivity contribution is -0.133. The molecular weight excluding hydrogens is 366 g/mol. The molecule has 0 unspecified atom stereocenters. The van der Waals surface area contributed by atoms with Gasteiger partial charge in [0.1, 0.15) is 6.54 Å². The molecule has 2 aromatic rings. The summed E-state index contributed by atoms with van der Waals surface area (Å²) in [6.07, 6.45) is 1.94. The van der Waals surface area contributed by atoms with Gasteiger partial charge in [-0.3, -0.25) is 24.2 Å². The molecule has 0 spiro atoms. The van der Waals surface area contributed by atoms with Crippen molar-refractivity contribution in [2.24, 2.45) is 0 Å². The number of imide groups is 1. The molecule has 29 heavy (non-hydrogen) atoms. The molecule has 1 saturated heterocycles. The van der Waals surface area contributed by atoms with Crippen molar-refractivity contribution in [3.8, 4) is 0 Å². The summed E-state index contributed by atoms with van der Waals surface area (Å²) in [4.78, 5) is 43.1. The topological polar surface area (TPSA) is 60.9 Å². The minimum Gasteiger partial charge on any atom is -0.340 e. The first-order valence-electron chi connectivity index (χ1n) is 10.0. The Morgan fingerprint density at radius 1 is 1.00 bits per heavy atom. The number of carbonyl (C=O) groups is 3. The lowest BCUT2D eigenvalue weighted by Gasteiger charge is -2.38. The van der Waals surface area contributed by atoms with E-state index < -0.39 is 0 Å². The van der Waals surface area contributed by atoms with E-state index >= 15 is 0 Å². The van der Waals surface area contributed by atoms with Crippen molar-refractivity contribution in [3.05, 3.63) is 71.3 Å². The van der Waals surface area contributed by atoms with Crippen LogP contribution in [0.25, 0.3) is 0 Å². The molecule has 4 rings (SSSR count). The molecule has 0 aromatic heterocycles. The van der Waals surface area contributed by atoms with Gasteiger partial charge in [-0.2, -0.15) is 0 Å². The van der Waals surface area contributed by atoms with E-state index in [1.54, 1.807) is 29.2 Å². The second-order valence-corrected chi connectivity index (χ2v) is 7.78. The van der Waals surface area contributed by atoms with Crippen LogP contribution in [0.5, 0.6) is 0 Å². The van der Waals surface area contributed by atoms with Gasteiger partial charge in [0.05, 0.1) is 11.1 Å². The fraction of sp³-hybridized carbons (Fsp3) is 0.348. The summed E-state index contributed by atoms with van der Waals surface area (Å²) in [5.41, 5.74) is 2.00. The zero-order chi connectivity index (χ0) is 20.4. The molecule has 0 radical (unpaired) electrons. The Morgan fingerprint density at radius 2 is 1.62 bits per heavy atom. The number of piperidine rings is 1. The maximum absolute atomic E-state index is 12.9. The van der Waals surface area contributed by atoms with E-state index in [2.05, 4.69) is 24.1 Å². The van der Waals surface area contributed by atoms with Crippen LogP contribution in [-0.4, -0.2) is 65.1 Å². The summed E-state index contributed by atoms with van der Waals surface area (Å²) in [6.45, 7) is 1.91. The van der Waals surface area contributed by atoms with Crippen molar-refractivity contribution < 1.29 is 14.4 Å². The number of rotatable bonds is 5. The Balaban J connectivity index is 1.38. The summed E-state index contributed by atoms with van der Waals surface area (Å²) in [7, 11) is 2.08. The molecule has 2 aliphatic heterocycles. The van der Waals surface area contributed by atoms with Crippen LogP contribution in [0.4, 0.5) is 0 Å². The molecular formula is C23H25N3O3. The van der Waals surface area contributed by atoms with Gasteiger partial charge in [-0.25, -0.2) is 0 Å². The number of hydrogen-bond donors (Lipinski definition) is 0. The highest BCUT2D eigenvalue weighted by Gasteiger charge is 2.37. The summed E-state index contributed by atoms with van der Waals surface area (Å²) in [6, 6.07) is 17.3. The van der Waals surface area contributed by atoms with Gasteiger partial charge < -0.3 is 4.90 Å². The molecule has 1 atom stereocenters. The van der Waals surface area contributed by atoms with Crippen LogP contribution in [-0.2, 0) is 11.3 Å². The smallest absolute Gasteiger partial charge is 0.262 e. The zero-order valence-electron chi connectivity index (χ0n) is 16.6. The summed E-state index contributed by atoms with van der Waals surface area (Å²) in [5.74, 6) is -0.931. The van der Waals surface area contributed by atoms with Gasteiger partial charge >= 0.3 is 0 Å². The minimum atomic E-state index is -0.381. The van der Waals surface area contributed by atoms with E-state index in [4.69, 9.17) is 0 Å². The van der Waals surface area contributed by atoms with Crippen molar-refractivity contribution in [2.45, 2.75) is 25.4 Å².